The Labute approximate surface area is 459 Å². The lowest BCUT2D eigenvalue weighted by Crippen LogP contribution is -2.31. The maximum Gasteiger partial charge on any atom is 0.269 e. The van der Waals surface area contributed by atoms with Crippen LogP contribution in [0, 0.1) is 13.2 Å². The van der Waals surface area contributed by atoms with E-state index in [1.807, 2.05) is 72.8 Å². The molecule has 74 heavy (non-hydrogen) atoms. The zero-order valence-electron chi connectivity index (χ0n) is 59.4. The van der Waals surface area contributed by atoms with E-state index in [2.05, 4.69) is 53.9 Å². The summed E-state index contributed by atoms with van der Waals surface area (Å²) in [5.41, 5.74) is 4.57. The fraction of sp³-hybridized carbons (Fsp3) is 0.130. The number of nitrogens with zero attached hydrogens (tertiary/aromatic N) is 4. The Bertz CT molecular complexity index is 4990. The van der Waals surface area contributed by atoms with Gasteiger partial charge >= 0.3 is 0 Å². The number of pyridine rings is 1. The Balaban J connectivity index is 1.07. The molecule has 12 aromatic rings. The summed E-state index contributed by atoms with van der Waals surface area (Å²) >= 11 is 0. The predicted octanol–water partition coefficient (Wildman–Crippen LogP) is 17.6. The average Bonchev–Trinajstić information content (AvgIpc) is 1.32. The SMILES string of the molecule is [2H]c1c([2H])c([2H])c(-c2cc(-c3cc(C(C)(C)C)cc(C(C)(C)C)c3)c(-[n+]3[c-]n(-c4cccc(Oc5ccc6c7ccccc7n(-c7cc(C([2H])([2H])[2H])c(-c8c([2H])c([2H])c([2H])c([2H])c8[2H])cn7)c6c5)c4)c4ccccc43)c(-c3c([2H])c([2H])c([2H])c([2H])c3[2H])c2)c([2H])c1[2H]. The third-order valence-electron chi connectivity index (χ3n) is 13.3. The van der Waals surface area contributed by atoms with Gasteiger partial charge in [-0.05, 0) is 128 Å². The van der Waals surface area contributed by atoms with Crippen LogP contribution in [0.1, 0.15) is 82.9 Å². The number of aromatic nitrogens is 4. The first-order valence-corrected chi connectivity index (χ1v) is 24.1. The Morgan fingerprint density at radius 2 is 1.11 bits per heavy atom. The van der Waals surface area contributed by atoms with Crippen LogP contribution in [0.15, 0.2) is 224 Å². The van der Waals surface area contributed by atoms with Crippen molar-refractivity contribution >= 4 is 32.8 Å². The molecule has 0 spiro atoms. The van der Waals surface area contributed by atoms with E-state index in [1.165, 1.54) is 18.3 Å². The van der Waals surface area contributed by atoms with E-state index in [4.69, 9.17) is 28.9 Å². The third-order valence-corrected chi connectivity index (χ3v) is 13.3. The van der Waals surface area contributed by atoms with Gasteiger partial charge in [-0.2, -0.15) is 0 Å². The molecule has 0 bridgehead atoms. The van der Waals surface area contributed by atoms with E-state index in [0.717, 1.165) is 21.9 Å². The van der Waals surface area contributed by atoms with E-state index < -0.39 is 108 Å². The topological polar surface area (TPSA) is 35.9 Å². The lowest BCUT2D eigenvalue weighted by atomic mass is 9.78. The number of fused-ring (bicyclic) bond motifs is 4. The number of imidazole rings is 1. The second-order valence-corrected chi connectivity index (χ2v) is 20.2. The van der Waals surface area contributed by atoms with Gasteiger partial charge in [-0.3, -0.25) is 13.7 Å². The number of benzene rings is 9. The van der Waals surface area contributed by atoms with E-state index in [1.54, 1.807) is 50.1 Å². The molecule has 0 fully saturated rings. The monoisotopic (exact) mass is 977 g/mol. The number of hydrogen-bond donors (Lipinski definition) is 0. The summed E-state index contributed by atoms with van der Waals surface area (Å²) in [6, 6.07) is 29.8. The minimum Gasteiger partial charge on any atom is -0.458 e. The van der Waals surface area contributed by atoms with Gasteiger partial charge < -0.3 is 4.74 Å². The predicted molar refractivity (Wildman–Crippen MR) is 306 cm³/mol. The van der Waals surface area contributed by atoms with Gasteiger partial charge in [0.25, 0.3) is 6.33 Å². The highest BCUT2D eigenvalue weighted by Gasteiger charge is 2.26. The Morgan fingerprint density at radius 3 is 1.78 bits per heavy atom. The summed E-state index contributed by atoms with van der Waals surface area (Å²) in [5.74, 6) is 0.936. The second kappa shape index (κ2) is 18.4. The second-order valence-electron chi connectivity index (χ2n) is 20.2. The molecule has 0 radical (unpaired) electrons. The van der Waals surface area contributed by atoms with Gasteiger partial charge in [-0.25, -0.2) is 4.98 Å². The summed E-state index contributed by atoms with van der Waals surface area (Å²) in [5, 5.41) is 1.58. The first kappa shape index (κ1) is 30.3. The first-order valence-electron chi connectivity index (χ1n) is 33.1. The molecule has 9 aromatic carbocycles. The van der Waals surface area contributed by atoms with Crippen molar-refractivity contribution in [2.45, 2.75) is 59.2 Å². The fourth-order valence-electron chi connectivity index (χ4n) is 9.51. The normalized spacial score (nSPS) is 15.6. The maximum absolute atomic E-state index is 9.52. The molecule has 5 heteroatoms. The minimum atomic E-state index is -2.82. The van der Waals surface area contributed by atoms with Gasteiger partial charge in [0.15, 0.2) is 0 Å². The van der Waals surface area contributed by atoms with Crippen LogP contribution in [-0.2, 0) is 10.8 Å². The molecule has 0 aliphatic heterocycles. The van der Waals surface area contributed by atoms with E-state index in [9.17, 15) is 5.48 Å². The molecule has 0 saturated carbocycles. The molecule has 3 aromatic heterocycles. The van der Waals surface area contributed by atoms with Crippen LogP contribution >= 0.6 is 0 Å². The van der Waals surface area contributed by atoms with Crippen LogP contribution in [0.5, 0.6) is 11.5 Å². The van der Waals surface area contributed by atoms with Gasteiger partial charge in [0.1, 0.15) is 17.3 Å². The zero-order valence-corrected chi connectivity index (χ0v) is 41.4. The summed E-state index contributed by atoms with van der Waals surface area (Å²) < 4.78 is 170. The number of para-hydroxylation sites is 3. The van der Waals surface area contributed by atoms with Gasteiger partial charge in [0.2, 0.25) is 0 Å². The van der Waals surface area contributed by atoms with Crippen LogP contribution in [0.25, 0.3) is 94.5 Å². The molecule has 0 atom stereocenters. The maximum atomic E-state index is 9.52. The van der Waals surface area contributed by atoms with Crippen molar-refractivity contribution < 1.29 is 34.0 Å². The standard InChI is InChI=1S/C69H58N4O/c1-46-36-66(70-44-61(46)49-26-15-10-16-27-49)73-62-31-18-17-30-57(62)58-35-34-56(43-65(58)73)74-55-29-21-28-54(42-55)71-45-72(64-33-20-19-32-63(64)71)67-59(48-24-13-9-14-25-48)39-50(47-22-11-8-12-23-47)40-60(67)51-37-52(68(2,3)4)41-53(38-51)69(5,6)7/h8-44H,1-7H3/i1D3,8D,9D,10D,11D,12D,13D,14D,15D,16D,22D,23D,24D,25D,26D,27D. The number of ether oxygens (including phenoxy) is 1. The summed E-state index contributed by atoms with van der Waals surface area (Å²) in [6.07, 6.45) is 4.82. The highest BCUT2D eigenvalue weighted by molar-refractivity contribution is 6.09. The van der Waals surface area contributed by atoms with Gasteiger partial charge in [0, 0.05) is 32.7 Å². The largest absolute Gasteiger partial charge is 0.458 e. The number of hydrogen-bond acceptors (Lipinski definition) is 2. The molecule has 3 heterocycles. The molecule has 5 nitrogen and oxygen atoms in total. The van der Waals surface area contributed by atoms with Gasteiger partial charge in [-0.15, -0.1) is 0 Å². The lowest BCUT2D eigenvalue weighted by Gasteiger charge is -2.27. The van der Waals surface area contributed by atoms with E-state index in [0.29, 0.717) is 56.1 Å². The van der Waals surface area contributed by atoms with Crippen LogP contribution in [0.4, 0.5) is 0 Å². The van der Waals surface area contributed by atoms with Gasteiger partial charge in [0.05, 0.1) is 54.0 Å². The van der Waals surface area contributed by atoms with E-state index in [-0.39, 0.29) is 44.8 Å². The minimum absolute atomic E-state index is 0.0867. The quantitative estimate of drug-likeness (QED) is 0.107. The zero-order chi connectivity index (χ0) is 66.3. The van der Waals surface area contributed by atoms with Crippen LogP contribution < -0.4 is 9.30 Å². The van der Waals surface area contributed by atoms with Crippen LogP contribution in [0.2, 0.25) is 0 Å². The highest BCUT2D eigenvalue weighted by atomic mass is 16.5. The van der Waals surface area contributed by atoms with Crippen molar-refractivity contribution in [3.63, 3.8) is 0 Å². The molecule has 0 saturated heterocycles. The number of rotatable bonds is 9. The summed E-state index contributed by atoms with van der Waals surface area (Å²) in [7, 11) is 0. The average molecular weight is 977 g/mol. The van der Waals surface area contributed by atoms with Crippen molar-refractivity contribution in [3.8, 4) is 73.2 Å². The molecule has 0 aliphatic rings. The van der Waals surface area contributed by atoms with Crippen molar-refractivity contribution in [2.24, 2.45) is 0 Å². The molecular formula is C69H58N4O. The molecular weight excluding hydrogens is 901 g/mol. The van der Waals surface area contributed by atoms with Crippen molar-refractivity contribution in [1.29, 1.82) is 0 Å². The fourth-order valence-corrected chi connectivity index (χ4v) is 9.51. The Kier molecular flexibility index (Phi) is 7.51. The molecule has 0 aliphatic carbocycles. The Hall–Kier alpha value is -8.80. The van der Waals surface area contributed by atoms with Crippen molar-refractivity contribution in [2.75, 3.05) is 0 Å². The first-order chi connectivity index (χ1) is 43.3. The third kappa shape index (κ3) is 8.54. The van der Waals surface area contributed by atoms with Crippen LogP contribution in [0.3, 0.4) is 0 Å². The molecule has 0 N–H and O–H groups in total. The molecule has 0 amide bonds. The van der Waals surface area contributed by atoms with Crippen molar-refractivity contribution in [1.82, 2.24) is 14.1 Å². The Morgan fingerprint density at radius 1 is 0.514 bits per heavy atom. The van der Waals surface area contributed by atoms with Crippen molar-refractivity contribution in [3.05, 3.63) is 247 Å². The summed E-state index contributed by atoms with van der Waals surface area (Å²) in [6.45, 7) is 9.70. The number of aryl methyl sites for hydroxylation is 1. The van der Waals surface area contributed by atoms with Gasteiger partial charge in [-0.1, -0.05) is 199 Å². The molecule has 12 rings (SSSR count). The van der Waals surface area contributed by atoms with Crippen LogP contribution in [-0.4, -0.2) is 14.1 Å². The molecule has 360 valence electrons. The van der Waals surface area contributed by atoms with E-state index >= 15 is 0 Å². The highest BCUT2D eigenvalue weighted by Crippen LogP contribution is 2.42. The lowest BCUT2D eigenvalue weighted by molar-refractivity contribution is -0.571. The molecule has 0 unspecified atom stereocenters. The smallest absolute Gasteiger partial charge is 0.269 e. The summed E-state index contributed by atoms with van der Waals surface area (Å²) in [4.78, 5) is 4.72.